The van der Waals surface area contributed by atoms with Gasteiger partial charge in [0.05, 0.1) is 11.7 Å². The molecule has 4 nitrogen and oxygen atoms in total. The van der Waals surface area contributed by atoms with Gasteiger partial charge >= 0.3 is 0 Å². The lowest BCUT2D eigenvalue weighted by atomic mass is 9.89. The van der Waals surface area contributed by atoms with Gasteiger partial charge in [0.15, 0.2) is 0 Å². The molecule has 1 N–H and O–H groups in total. The Morgan fingerprint density at radius 1 is 1.40 bits per heavy atom. The first-order chi connectivity index (χ1) is 9.80. The molecule has 1 fully saturated rings. The quantitative estimate of drug-likeness (QED) is 0.915. The fourth-order valence-corrected chi connectivity index (χ4v) is 3.08. The van der Waals surface area contributed by atoms with Crippen LogP contribution in [0.4, 0.5) is 5.82 Å². The van der Waals surface area contributed by atoms with Gasteiger partial charge in [0, 0.05) is 18.3 Å². The lowest BCUT2D eigenvalue weighted by Gasteiger charge is -2.36. The van der Waals surface area contributed by atoms with Gasteiger partial charge in [-0.05, 0) is 57.1 Å². The number of nitriles is 1. The second kappa shape index (κ2) is 5.80. The van der Waals surface area contributed by atoms with Crippen molar-refractivity contribution in [1.82, 2.24) is 4.98 Å². The molecule has 4 heteroatoms. The highest BCUT2D eigenvalue weighted by Crippen LogP contribution is 2.29. The molecule has 1 saturated carbocycles. The van der Waals surface area contributed by atoms with Crippen molar-refractivity contribution in [2.24, 2.45) is 0 Å². The van der Waals surface area contributed by atoms with Crippen LogP contribution in [0.5, 0.6) is 0 Å². The normalized spacial score (nSPS) is 24.4. The predicted octanol–water partition coefficient (Wildman–Crippen LogP) is 2.81. The highest BCUT2D eigenvalue weighted by atomic mass is 16.5. The van der Waals surface area contributed by atoms with Crippen molar-refractivity contribution in [3.05, 3.63) is 22.9 Å². The van der Waals surface area contributed by atoms with Gasteiger partial charge < -0.3 is 10.1 Å². The van der Waals surface area contributed by atoms with E-state index in [0.717, 1.165) is 38.1 Å². The topological polar surface area (TPSA) is 57.9 Å². The van der Waals surface area contributed by atoms with Gasteiger partial charge in [-0.15, -0.1) is 0 Å². The molecule has 3 rings (SSSR count). The minimum absolute atomic E-state index is 0.376. The smallest absolute Gasteiger partial charge is 0.144 e. The lowest BCUT2D eigenvalue weighted by molar-refractivity contribution is 0.00292. The van der Waals surface area contributed by atoms with E-state index in [1.807, 2.05) is 13.0 Å². The molecule has 0 unspecified atom stereocenters. The number of pyridine rings is 1. The maximum atomic E-state index is 9.31. The van der Waals surface area contributed by atoms with Crippen LogP contribution in [-0.2, 0) is 17.6 Å². The van der Waals surface area contributed by atoms with E-state index in [1.165, 1.54) is 24.1 Å². The number of fused-ring (bicyclic) bond motifs is 1. The number of aromatic nitrogens is 1. The van der Waals surface area contributed by atoms with Crippen molar-refractivity contribution in [2.45, 2.75) is 57.6 Å². The maximum absolute atomic E-state index is 9.31. The minimum Gasteiger partial charge on any atom is -0.378 e. The molecule has 0 amide bonds. The van der Waals surface area contributed by atoms with E-state index in [4.69, 9.17) is 9.72 Å². The first-order valence-electron chi connectivity index (χ1n) is 7.61. The monoisotopic (exact) mass is 271 g/mol. The van der Waals surface area contributed by atoms with E-state index < -0.39 is 0 Å². The van der Waals surface area contributed by atoms with E-state index in [1.54, 1.807) is 0 Å². The van der Waals surface area contributed by atoms with Crippen molar-refractivity contribution in [2.75, 3.05) is 11.9 Å². The number of anilines is 1. The standard InChI is InChI=1S/C16H21N3O/c1-2-20-14-8-13(9-14)18-16-12(10-17)7-11-5-3-4-6-15(11)19-16/h7,13-14H,2-6,8-9H2,1H3,(H,18,19). The molecular formula is C16H21N3O. The van der Waals surface area contributed by atoms with Gasteiger partial charge in [0.25, 0.3) is 0 Å². The third kappa shape index (κ3) is 2.64. The van der Waals surface area contributed by atoms with Crippen molar-refractivity contribution in [1.29, 1.82) is 5.26 Å². The summed E-state index contributed by atoms with van der Waals surface area (Å²) in [5.41, 5.74) is 3.13. The summed E-state index contributed by atoms with van der Waals surface area (Å²) in [6.45, 7) is 2.80. The summed E-state index contributed by atoms with van der Waals surface area (Å²) in [5.74, 6) is 0.771. The van der Waals surface area contributed by atoms with Gasteiger partial charge in [-0.25, -0.2) is 4.98 Å². The Hall–Kier alpha value is -1.60. The van der Waals surface area contributed by atoms with E-state index >= 15 is 0 Å². The number of nitrogens with zero attached hydrogens (tertiary/aromatic N) is 2. The summed E-state index contributed by atoms with van der Waals surface area (Å²) >= 11 is 0. The zero-order valence-electron chi connectivity index (χ0n) is 12.0. The first-order valence-corrected chi connectivity index (χ1v) is 7.61. The zero-order chi connectivity index (χ0) is 13.9. The van der Waals surface area contributed by atoms with Crippen LogP contribution >= 0.6 is 0 Å². The number of rotatable bonds is 4. The molecule has 1 aromatic heterocycles. The van der Waals surface area contributed by atoms with E-state index in [-0.39, 0.29) is 0 Å². The van der Waals surface area contributed by atoms with Crippen molar-refractivity contribution >= 4 is 5.82 Å². The molecule has 0 saturated heterocycles. The lowest BCUT2D eigenvalue weighted by Crippen LogP contribution is -2.41. The molecule has 1 aromatic rings. The molecule has 0 atom stereocenters. The third-order valence-electron chi connectivity index (χ3n) is 4.26. The van der Waals surface area contributed by atoms with Gasteiger partial charge in [0.1, 0.15) is 11.9 Å². The van der Waals surface area contributed by atoms with E-state index in [2.05, 4.69) is 11.4 Å². The summed E-state index contributed by atoms with van der Waals surface area (Å²) in [5, 5.41) is 12.7. The molecule has 0 aliphatic heterocycles. The largest absolute Gasteiger partial charge is 0.378 e. The first kappa shape index (κ1) is 13.4. The molecule has 2 aliphatic carbocycles. The van der Waals surface area contributed by atoms with Crippen LogP contribution in [0.3, 0.4) is 0 Å². The molecule has 0 aromatic carbocycles. The molecule has 2 aliphatic rings. The Balaban J connectivity index is 1.71. The Morgan fingerprint density at radius 2 is 2.20 bits per heavy atom. The summed E-state index contributed by atoms with van der Waals surface area (Å²) in [4.78, 5) is 4.70. The Bertz CT molecular complexity index is 529. The molecule has 0 radical (unpaired) electrons. The second-order valence-electron chi connectivity index (χ2n) is 5.70. The van der Waals surface area contributed by atoms with Gasteiger partial charge in [-0.3, -0.25) is 0 Å². The Morgan fingerprint density at radius 3 is 2.95 bits per heavy atom. The highest BCUT2D eigenvalue weighted by Gasteiger charge is 2.30. The number of nitrogens with one attached hydrogen (secondary N) is 1. The number of ether oxygens (including phenoxy) is 1. The van der Waals surface area contributed by atoms with Crippen molar-refractivity contribution < 1.29 is 4.74 Å². The van der Waals surface area contributed by atoms with Crippen molar-refractivity contribution in [3.63, 3.8) is 0 Å². The number of aryl methyl sites for hydroxylation is 2. The maximum Gasteiger partial charge on any atom is 0.144 e. The number of hydrogen-bond donors (Lipinski definition) is 1. The average Bonchev–Trinajstić information content (AvgIpc) is 2.44. The third-order valence-corrected chi connectivity index (χ3v) is 4.26. The van der Waals surface area contributed by atoms with Crippen LogP contribution in [0.25, 0.3) is 0 Å². The fourth-order valence-electron chi connectivity index (χ4n) is 3.08. The Labute approximate surface area is 120 Å². The fraction of sp³-hybridized carbons (Fsp3) is 0.625. The predicted molar refractivity (Wildman–Crippen MR) is 77.7 cm³/mol. The van der Waals surface area contributed by atoms with Crippen LogP contribution in [-0.4, -0.2) is 23.7 Å². The second-order valence-corrected chi connectivity index (χ2v) is 5.70. The van der Waals surface area contributed by atoms with Gasteiger partial charge in [-0.2, -0.15) is 5.26 Å². The summed E-state index contributed by atoms with van der Waals surface area (Å²) in [7, 11) is 0. The molecule has 1 heterocycles. The average molecular weight is 271 g/mol. The molecule has 0 spiro atoms. The Kier molecular flexibility index (Phi) is 3.88. The van der Waals surface area contributed by atoms with E-state index in [0.29, 0.717) is 17.7 Å². The molecule has 0 bridgehead atoms. The van der Waals surface area contributed by atoms with Crippen LogP contribution in [0, 0.1) is 11.3 Å². The SMILES string of the molecule is CCOC1CC(Nc2nc3c(cc2C#N)CCCC3)C1. The molecule has 106 valence electrons. The summed E-state index contributed by atoms with van der Waals surface area (Å²) < 4.78 is 5.57. The minimum atomic E-state index is 0.376. The van der Waals surface area contributed by atoms with E-state index in [9.17, 15) is 5.26 Å². The zero-order valence-corrected chi connectivity index (χ0v) is 12.0. The van der Waals surface area contributed by atoms with Crippen LogP contribution in [0.15, 0.2) is 6.07 Å². The van der Waals surface area contributed by atoms with Crippen LogP contribution < -0.4 is 5.32 Å². The van der Waals surface area contributed by atoms with Gasteiger partial charge in [0.2, 0.25) is 0 Å². The van der Waals surface area contributed by atoms with Gasteiger partial charge in [-0.1, -0.05) is 0 Å². The highest BCUT2D eigenvalue weighted by molar-refractivity contribution is 5.55. The van der Waals surface area contributed by atoms with Crippen molar-refractivity contribution in [3.8, 4) is 6.07 Å². The summed E-state index contributed by atoms with van der Waals surface area (Å²) in [6, 6.07) is 4.71. The summed E-state index contributed by atoms with van der Waals surface area (Å²) in [6.07, 6.45) is 6.93. The molecule has 20 heavy (non-hydrogen) atoms. The van der Waals surface area contributed by atoms with Crippen LogP contribution in [0.1, 0.15) is 49.4 Å². The van der Waals surface area contributed by atoms with Crippen LogP contribution in [0.2, 0.25) is 0 Å². The molecular weight excluding hydrogens is 250 g/mol. The number of hydrogen-bond acceptors (Lipinski definition) is 4.